The van der Waals surface area contributed by atoms with Crippen molar-refractivity contribution in [1.82, 2.24) is 21.3 Å². The number of hydrogen-bond donors (Lipinski definition) is 4. The minimum absolute atomic E-state index is 0.147. The molecular weight excluding hydrogens is 869 g/mol. The smallest absolute Gasteiger partial charge is 0.161 e. The maximum absolute atomic E-state index is 5.87. The van der Waals surface area contributed by atoms with Gasteiger partial charge in [-0.2, -0.15) is 0 Å². The van der Waals surface area contributed by atoms with E-state index in [9.17, 15) is 0 Å². The van der Waals surface area contributed by atoms with Crippen LogP contribution in [0, 0.1) is 10.8 Å². The minimum atomic E-state index is 0.147. The van der Waals surface area contributed by atoms with Crippen molar-refractivity contribution in [2.24, 2.45) is 10.8 Å². The summed E-state index contributed by atoms with van der Waals surface area (Å²) in [5.74, 6) is 6.45. The Morgan fingerprint density at radius 1 is 0.348 bits per heavy atom. The summed E-state index contributed by atoms with van der Waals surface area (Å²) >= 11 is 0. The molecule has 4 aromatic rings. The van der Waals surface area contributed by atoms with Gasteiger partial charge in [0.2, 0.25) is 0 Å². The van der Waals surface area contributed by atoms with Crippen molar-refractivity contribution >= 4 is 0 Å². The third kappa shape index (κ3) is 10.2. The Morgan fingerprint density at radius 2 is 0.565 bits per heavy atom. The van der Waals surface area contributed by atoms with Gasteiger partial charge >= 0.3 is 0 Å². The topological polar surface area (TPSA) is 122 Å². The van der Waals surface area contributed by atoms with Crippen molar-refractivity contribution in [3.63, 3.8) is 0 Å². The Kier molecular flexibility index (Phi) is 15.4. The van der Waals surface area contributed by atoms with Crippen LogP contribution in [0.15, 0.2) is 48.5 Å². The summed E-state index contributed by atoms with van der Waals surface area (Å²) in [7, 11) is 13.9. The summed E-state index contributed by atoms with van der Waals surface area (Å²) in [5, 5.41) is 15.9. The van der Waals surface area contributed by atoms with Crippen LogP contribution in [-0.4, -0.2) is 83.1 Å². The maximum atomic E-state index is 5.87. The molecule has 12 nitrogen and oxygen atoms in total. The lowest BCUT2D eigenvalue weighted by Crippen LogP contribution is -2.34. The van der Waals surface area contributed by atoms with E-state index in [-0.39, 0.29) is 35.0 Å². The zero-order valence-corrected chi connectivity index (χ0v) is 42.6. The van der Waals surface area contributed by atoms with Crippen LogP contribution in [0.3, 0.4) is 0 Å². The molecule has 4 N–H and O–H groups in total. The van der Waals surface area contributed by atoms with Crippen molar-refractivity contribution in [2.75, 3.05) is 83.1 Å². The average molecular weight is 947 g/mol. The molecule has 0 spiro atoms. The lowest BCUT2D eigenvalue weighted by atomic mass is 9.68. The summed E-state index contributed by atoms with van der Waals surface area (Å²) < 4.78 is 46.6. The number of methoxy groups -OCH3 is 8. The quantitative estimate of drug-likeness (QED) is 0.0675. The van der Waals surface area contributed by atoms with Crippen molar-refractivity contribution < 1.29 is 37.9 Å². The van der Waals surface area contributed by atoms with Gasteiger partial charge in [-0.05, 0) is 226 Å². The highest BCUT2D eigenvalue weighted by molar-refractivity contribution is 5.52. The van der Waals surface area contributed by atoms with Crippen molar-refractivity contribution in [1.29, 1.82) is 0 Å². The third-order valence-corrected chi connectivity index (χ3v) is 17.0. The summed E-state index contributed by atoms with van der Waals surface area (Å²) in [6.07, 6.45) is 16.4. The Labute approximate surface area is 411 Å². The van der Waals surface area contributed by atoms with E-state index in [2.05, 4.69) is 69.8 Å². The van der Waals surface area contributed by atoms with Gasteiger partial charge in [0.15, 0.2) is 46.0 Å². The standard InChI is InChI=1S/C57H78N4O8/c1-62-48-27-36-13-23-58-44(40(36)31-52(48)66-5)9-17-56(18-10-45-41-32-53(67-6)49(63-2)28-37(41)14-24-59-45)21-22-57(35-56,19-11-46-42-33-54(68-7)50(64-3)29-38(42)15-25-60-46)20-12-47-43-34-55(69-8)51(65-4)30-39(43)16-26-61-47/h27-34,44-47,58-61H,9-26,35H2,1-8H3. The monoisotopic (exact) mass is 947 g/mol. The first kappa shape index (κ1) is 49.1. The van der Waals surface area contributed by atoms with E-state index in [0.29, 0.717) is 0 Å². The molecular formula is C57H78N4O8. The Hall–Kier alpha value is -4.88. The van der Waals surface area contributed by atoms with Crippen molar-refractivity contribution in [2.45, 2.75) is 120 Å². The molecule has 4 unspecified atom stereocenters. The maximum Gasteiger partial charge on any atom is 0.161 e. The van der Waals surface area contributed by atoms with Gasteiger partial charge in [0.05, 0.1) is 56.9 Å². The van der Waals surface area contributed by atoms with Gasteiger partial charge in [-0.1, -0.05) is 0 Å². The molecule has 1 fully saturated rings. The first-order chi connectivity index (χ1) is 33.7. The summed E-state index contributed by atoms with van der Waals surface area (Å²) in [4.78, 5) is 0. The fourth-order valence-corrected chi connectivity index (χ4v) is 13.3. The van der Waals surface area contributed by atoms with E-state index in [1.165, 1.54) is 63.8 Å². The molecule has 5 aliphatic rings. The van der Waals surface area contributed by atoms with Crippen LogP contribution in [0.5, 0.6) is 46.0 Å². The summed E-state index contributed by atoms with van der Waals surface area (Å²) in [5.41, 5.74) is 11.2. The molecule has 4 atom stereocenters. The van der Waals surface area contributed by atoms with Gasteiger partial charge in [0.1, 0.15) is 0 Å². The van der Waals surface area contributed by atoms with E-state index in [1.54, 1.807) is 56.9 Å². The lowest BCUT2D eigenvalue weighted by molar-refractivity contribution is 0.147. The first-order valence-electron chi connectivity index (χ1n) is 25.6. The number of hydrogen-bond acceptors (Lipinski definition) is 12. The molecule has 1 saturated carbocycles. The molecule has 1 aliphatic carbocycles. The molecule has 4 aromatic carbocycles. The Balaban J connectivity index is 1.05. The minimum Gasteiger partial charge on any atom is -0.493 e. The highest BCUT2D eigenvalue weighted by Gasteiger charge is 2.48. The molecule has 9 rings (SSSR count). The van der Waals surface area contributed by atoms with E-state index >= 15 is 0 Å². The fraction of sp³-hybridized carbons (Fsp3) is 0.579. The number of ether oxygens (including phenoxy) is 8. The number of fused-ring (bicyclic) bond motifs is 4. The van der Waals surface area contributed by atoms with Gasteiger partial charge in [-0.25, -0.2) is 0 Å². The van der Waals surface area contributed by atoms with Crippen LogP contribution in [0.25, 0.3) is 0 Å². The highest BCUT2D eigenvalue weighted by atomic mass is 16.5. The van der Waals surface area contributed by atoms with Crippen LogP contribution in [-0.2, 0) is 25.7 Å². The highest BCUT2D eigenvalue weighted by Crippen LogP contribution is 2.61. The molecule has 4 aliphatic heterocycles. The largest absolute Gasteiger partial charge is 0.493 e. The van der Waals surface area contributed by atoms with E-state index in [0.717, 1.165) is 149 Å². The molecule has 0 radical (unpaired) electrons. The predicted molar refractivity (Wildman–Crippen MR) is 272 cm³/mol. The summed E-state index contributed by atoms with van der Waals surface area (Å²) in [6, 6.07) is 18.8. The zero-order valence-electron chi connectivity index (χ0n) is 42.6. The van der Waals surface area contributed by atoms with Crippen LogP contribution in [0.4, 0.5) is 0 Å². The van der Waals surface area contributed by atoms with Gasteiger partial charge in [0.25, 0.3) is 0 Å². The number of benzene rings is 4. The molecule has 4 heterocycles. The zero-order chi connectivity index (χ0) is 48.1. The lowest BCUT2D eigenvalue weighted by Gasteiger charge is -2.40. The third-order valence-electron chi connectivity index (χ3n) is 17.0. The number of nitrogens with one attached hydrogen (secondary N) is 4. The normalized spacial score (nSPS) is 24.8. The van der Waals surface area contributed by atoms with Gasteiger partial charge in [-0.3, -0.25) is 0 Å². The van der Waals surface area contributed by atoms with Crippen LogP contribution in [0.1, 0.15) is 139 Å². The second kappa shape index (κ2) is 21.6. The fourth-order valence-electron chi connectivity index (χ4n) is 13.3. The molecule has 12 heteroatoms. The predicted octanol–water partition coefficient (Wildman–Crippen LogP) is 9.88. The molecule has 0 bridgehead atoms. The molecule has 0 saturated heterocycles. The van der Waals surface area contributed by atoms with Crippen molar-refractivity contribution in [3.05, 3.63) is 93.0 Å². The molecule has 0 amide bonds. The SMILES string of the molecule is COc1cc2c(cc1OC)C(CCC1(CCC3NCCc4cc(OC)c(OC)cc43)CCC(CCC3NCCc4cc(OC)c(OC)cc43)(CCC3NCCc4cc(OC)c(OC)cc43)C1)NCC2. The summed E-state index contributed by atoms with van der Waals surface area (Å²) in [6.45, 7) is 3.82. The van der Waals surface area contributed by atoms with Gasteiger partial charge in [0, 0.05) is 24.2 Å². The van der Waals surface area contributed by atoms with Gasteiger partial charge in [-0.15, -0.1) is 0 Å². The second-order valence-electron chi connectivity index (χ2n) is 20.5. The molecule has 374 valence electrons. The molecule has 0 aromatic heterocycles. The van der Waals surface area contributed by atoms with Crippen LogP contribution in [0.2, 0.25) is 0 Å². The van der Waals surface area contributed by atoms with E-state index in [4.69, 9.17) is 37.9 Å². The number of rotatable bonds is 20. The first-order valence-corrected chi connectivity index (χ1v) is 25.6. The Bertz CT molecular complexity index is 2100. The van der Waals surface area contributed by atoms with E-state index < -0.39 is 0 Å². The second-order valence-corrected chi connectivity index (χ2v) is 20.5. The van der Waals surface area contributed by atoms with E-state index in [1.807, 2.05) is 0 Å². The van der Waals surface area contributed by atoms with Gasteiger partial charge < -0.3 is 59.2 Å². The Morgan fingerprint density at radius 3 is 0.783 bits per heavy atom. The van der Waals surface area contributed by atoms with Crippen molar-refractivity contribution in [3.8, 4) is 46.0 Å². The van der Waals surface area contributed by atoms with Crippen LogP contribution < -0.4 is 59.2 Å². The molecule has 69 heavy (non-hydrogen) atoms. The average Bonchev–Trinajstić information content (AvgIpc) is 3.77. The van der Waals surface area contributed by atoms with Crippen LogP contribution >= 0.6 is 0 Å².